The van der Waals surface area contributed by atoms with Gasteiger partial charge in [0, 0.05) is 31.1 Å². The summed E-state index contributed by atoms with van der Waals surface area (Å²) in [7, 11) is 5.54. The van der Waals surface area contributed by atoms with Gasteiger partial charge in [-0.1, -0.05) is 18.2 Å². The van der Waals surface area contributed by atoms with Crippen molar-refractivity contribution in [2.24, 2.45) is 4.99 Å². The molecule has 0 amide bonds. The van der Waals surface area contributed by atoms with E-state index in [1.807, 2.05) is 32.3 Å². The third-order valence-corrected chi connectivity index (χ3v) is 4.57. The van der Waals surface area contributed by atoms with Crippen LogP contribution in [0.5, 0.6) is 5.75 Å². The number of guanidine groups is 1. The summed E-state index contributed by atoms with van der Waals surface area (Å²) in [6.45, 7) is 3.67. The first-order valence-electron chi connectivity index (χ1n) is 7.22. The molecular formula is C17H24IN3OS. The number of rotatable bonds is 5. The zero-order valence-corrected chi connectivity index (χ0v) is 17.1. The highest BCUT2D eigenvalue weighted by Gasteiger charge is 2.10. The van der Waals surface area contributed by atoms with Crippen LogP contribution in [-0.4, -0.2) is 32.1 Å². The van der Waals surface area contributed by atoms with Crippen molar-refractivity contribution in [3.8, 4) is 5.75 Å². The minimum Gasteiger partial charge on any atom is -0.496 e. The number of methoxy groups -OCH3 is 1. The molecule has 0 saturated carbocycles. The predicted octanol–water partition coefficient (Wildman–Crippen LogP) is 3.89. The largest absolute Gasteiger partial charge is 0.496 e. The molecular weight excluding hydrogens is 421 g/mol. The number of thiophene rings is 1. The van der Waals surface area contributed by atoms with Crippen molar-refractivity contribution in [1.82, 2.24) is 10.2 Å². The average molecular weight is 445 g/mol. The molecule has 0 bridgehead atoms. The smallest absolute Gasteiger partial charge is 0.193 e. The van der Waals surface area contributed by atoms with Crippen molar-refractivity contribution in [1.29, 1.82) is 0 Å². The summed E-state index contributed by atoms with van der Waals surface area (Å²) in [5.41, 5.74) is 2.46. The Morgan fingerprint density at radius 1 is 1.30 bits per heavy atom. The molecule has 0 spiro atoms. The van der Waals surface area contributed by atoms with Gasteiger partial charge in [0.2, 0.25) is 0 Å². The van der Waals surface area contributed by atoms with Crippen molar-refractivity contribution >= 4 is 41.3 Å². The number of para-hydroxylation sites is 1. The molecule has 1 N–H and O–H groups in total. The standard InChI is InChI=1S/C17H23N3OS.HI/c1-13-9-10-22-16(13)11-19-17(18-2)20(3)12-14-7-5-6-8-15(14)21-4;/h5-10H,11-12H2,1-4H3,(H,18,19);1H. The first-order chi connectivity index (χ1) is 10.7. The summed E-state index contributed by atoms with van der Waals surface area (Å²) in [5, 5.41) is 5.53. The molecule has 126 valence electrons. The number of halogens is 1. The normalized spacial score (nSPS) is 10.9. The van der Waals surface area contributed by atoms with Gasteiger partial charge in [0.25, 0.3) is 0 Å². The first kappa shape index (κ1) is 19.8. The number of aryl methyl sites for hydroxylation is 1. The molecule has 0 aliphatic heterocycles. The van der Waals surface area contributed by atoms with Gasteiger partial charge in [0.15, 0.2) is 5.96 Å². The second kappa shape index (κ2) is 9.77. The van der Waals surface area contributed by atoms with Crippen LogP contribution in [0.2, 0.25) is 0 Å². The van der Waals surface area contributed by atoms with Crippen LogP contribution in [-0.2, 0) is 13.1 Å². The van der Waals surface area contributed by atoms with Crippen LogP contribution in [0.4, 0.5) is 0 Å². The Hall–Kier alpha value is -1.28. The third kappa shape index (κ3) is 5.39. The lowest BCUT2D eigenvalue weighted by molar-refractivity contribution is 0.396. The van der Waals surface area contributed by atoms with Gasteiger partial charge < -0.3 is 15.0 Å². The zero-order valence-electron chi connectivity index (χ0n) is 14.0. The monoisotopic (exact) mass is 445 g/mol. The van der Waals surface area contributed by atoms with Gasteiger partial charge in [-0.25, -0.2) is 0 Å². The van der Waals surface area contributed by atoms with E-state index in [-0.39, 0.29) is 24.0 Å². The van der Waals surface area contributed by atoms with Gasteiger partial charge in [-0.15, -0.1) is 35.3 Å². The molecule has 4 nitrogen and oxygen atoms in total. The highest BCUT2D eigenvalue weighted by Crippen LogP contribution is 2.19. The quantitative estimate of drug-likeness (QED) is 0.431. The molecule has 2 rings (SSSR count). The predicted molar refractivity (Wildman–Crippen MR) is 109 cm³/mol. The second-order valence-corrected chi connectivity index (χ2v) is 6.10. The van der Waals surface area contributed by atoms with E-state index in [9.17, 15) is 0 Å². The maximum Gasteiger partial charge on any atom is 0.193 e. The van der Waals surface area contributed by atoms with Gasteiger partial charge in [-0.05, 0) is 30.0 Å². The van der Waals surface area contributed by atoms with Crippen LogP contribution in [0.1, 0.15) is 16.0 Å². The van der Waals surface area contributed by atoms with Crippen molar-refractivity contribution in [3.05, 3.63) is 51.7 Å². The minimum absolute atomic E-state index is 0. The molecule has 2 aromatic rings. The van der Waals surface area contributed by atoms with Crippen LogP contribution in [0.15, 0.2) is 40.7 Å². The average Bonchev–Trinajstić information content (AvgIpc) is 2.94. The van der Waals surface area contributed by atoms with E-state index in [4.69, 9.17) is 4.74 Å². The third-order valence-electron chi connectivity index (χ3n) is 3.55. The maximum absolute atomic E-state index is 5.41. The van der Waals surface area contributed by atoms with Crippen LogP contribution in [0.3, 0.4) is 0 Å². The summed E-state index contributed by atoms with van der Waals surface area (Å²) >= 11 is 1.77. The van der Waals surface area contributed by atoms with Crippen molar-refractivity contribution in [2.45, 2.75) is 20.0 Å². The molecule has 0 aliphatic carbocycles. The lowest BCUT2D eigenvalue weighted by atomic mass is 10.2. The van der Waals surface area contributed by atoms with E-state index >= 15 is 0 Å². The maximum atomic E-state index is 5.41. The number of aliphatic imine (C=N–C) groups is 1. The minimum atomic E-state index is 0. The molecule has 0 aliphatic rings. The highest BCUT2D eigenvalue weighted by molar-refractivity contribution is 14.0. The Kier molecular flexibility index (Phi) is 8.40. The fourth-order valence-electron chi connectivity index (χ4n) is 2.29. The zero-order chi connectivity index (χ0) is 15.9. The Morgan fingerprint density at radius 3 is 2.65 bits per heavy atom. The first-order valence-corrected chi connectivity index (χ1v) is 8.10. The van der Waals surface area contributed by atoms with Crippen molar-refractivity contribution in [2.75, 3.05) is 21.2 Å². The number of ether oxygens (including phenoxy) is 1. The van der Waals surface area contributed by atoms with Crippen LogP contribution in [0.25, 0.3) is 0 Å². The van der Waals surface area contributed by atoms with E-state index in [1.165, 1.54) is 10.4 Å². The van der Waals surface area contributed by atoms with Gasteiger partial charge in [0.05, 0.1) is 13.7 Å². The molecule has 0 unspecified atom stereocenters. The van der Waals surface area contributed by atoms with Crippen LogP contribution >= 0.6 is 35.3 Å². The summed E-state index contributed by atoms with van der Waals surface area (Å²) in [6, 6.07) is 10.2. The summed E-state index contributed by atoms with van der Waals surface area (Å²) in [4.78, 5) is 7.80. The SMILES string of the molecule is CN=C(NCc1sccc1C)N(C)Cc1ccccc1OC.I. The van der Waals surface area contributed by atoms with Gasteiger partial charge in [-0.2, -0.15) is 0 Å². The molecule has 0 fully saturated rings. The highest BCUT2D eigenvalue weighted by atomic mass is 127. The molecule has 0 atom stereocenters. The summed E-state index contributed by atoms with van der Waals surface area (Å²) in [5.74, 6) is 1.78. The Labute approximate surface area is 159 Å². The van der Waals surface area contributed by atoms with Gasteiger partial charge in [0.1, 0.15) is 5.75 Å². The number of nitrogens with zero attached hydrogens (tertiary/aromatic N) is 2. The number of hydrogen-bond donors (Lipinski definition) is 1. The van der Waals surface area contributed by atoms with Crippen LogP contribution in [0, 0.1) is 6.92 Å². The number of nitrogens with one attached hydrogen (secondary N) is 1. The molecule has 1 aromatic carbocycles. The lowest BCUT2D eigenvalue weighted by Crippen LogP contribution is -2.38. The fourth-order valence-corrected chi connectivity index (χ4v) is 3.14. The van der Waals surface area contributed by atoms with E-state index in [2.05, 4.69) is 39.6 Å². The molecule has 1 aromatic heterocycles. The topological polar surface area (TPSA) is 36.9 Å². The summed E-state index contributed by atoms with van der Waals surface area (Å²) in [6.07, 6.45) is 0. The second-order valence-electron chi connectivity index (χ2n) is 5.10. The van der Waals surface area contributed by atoms with Crippen LogP contribution < -0.4 is 10.1 Å². The van der Waals surface area contributed by atoms with Gasteiger partial charge in [-0.3, -0.25) is 4.99 Å². The van der Waals surface area contributed by atoms with E-state index in [0.29, 0.717) is 0 Å². The van der Waals surface area contributed by atoms with E-state index in [1.54, 1.807) is 18.4 Å². The molecule has 6 heteroatoms. The molecule has 23 heavy (non-hydrogen) atoms. The Morgan fingerprint density at radius 2 is 2.04 bits per heavy atom. The Bertz CT molecular complexity index is 642. The number of benzene rings is 1. The Balaban J connectivity index is 0.00000264. The van der Waals surface area contributed by atoms with Crippen molar-refractivity contribution in [3.63, 3.8) is 0 Å². The van der Waals surface area contributed by atoms with E-state index < -0.39 is 0 Å². The van der Waals surface area contributed by atoms with E-state index in [0.717, 1.165) is 30.4 Å². The van der Waals surface area contributed by atoms with Crippen molar-refractivity contribution < 1.29 is 4.74 Å². The fraction of sp³-hybridized carbons (Fsp3) is 0.353. The lowest BCUT2D eigenvalue weighted by Gasteiger charge is -2.23. The molecule has 0 radical (unpaired) electrons. The van der Waals surface area contributed by atoms with Gasteiger partial charge >= 0.3 is 0 Å². The molecule has 0 saturated heterocycles. The summed E-state index contributed by atoms with van der Waals surface area (Å²) < 4.78 is 5.41. The molecule has 1 heterocycles. The number of hydrogen-bond acceptors (Lipinski definition) is 3.